The summed E-state index contributed by atoms with van der Waals surface area (Å²) >= 11 is 0. The van der Waals surface area contributed by atoms with Crippen LogP contribution in [-0.4, -0.2) is 74.4 Å². The van der Waals surface area contributed by atoms with Crippen LogP contribution in [0, 0.1) is 0 Å². The van der Waals surface area contributed by atoms with Gasteiger partial charge in [-0.2, -0.15) is 0 Å². The van der Waals surface area contributed by atoms with Crippen LogP contribution in [0.4, 0.5) is 0 Å². The van der Waals surface area contributed by atoms with E-state index in [1.54, 1.807) is 0 Å². The molecule has 2 saturated heterocycles. The lowest BCUT2D eigenvalue weighted by atomic mass is 10.1. The second-order valence-electron chi connectivity index (χ2n) is 6.25. The van der Waals surface area contributed by atoms with Crippen LogP contribution < -0.4 is 0 Å². The number of piperazine rings is 1. The quantitative estimate of drug-likeness (QED) is 0.790. The van der Waals surface area contributed by atoms with Crippen molar-refractivity contribution in [1.29, 1.82) is 0 Å². The molecule has 2 heterocycles. The van der Waals surface area contributed by atoms with Crippen molar-refractivity contribution in [1.82, 2.24) is 9.80 Å². The molecule has 5 nitrogen and oxygen atoms in total. The van der Waals surface area contributed by atoms with Crippen LogP contribution in [0.3, 0.4) is 0 Å². The molecule has 0 radical (unpaired) electrons. The van der Waals surface area contributed by atoms with Crippen LogP contribution in [0.2, 0.25) is 0 Å². The molecule has 2 aliphatic rings. The molecule has 2 aliphatic heterocycles. The van der Waals surface area contributed by atoms with Gasteiger partial charge in [-0.15, -0.1) is 0 Å². The van der Waals surface area contributed by atoms with Gasteiger partial charge >= 0.3 is 0 Å². The van der Waals surface area contributed by atoms with E-state index in [-0.39, 0.29) is 12.0 Å². The zero-order valence-electron chi connectivity index (χ0n) is 13.7. The molecule has 1 aromatic rings. The molecule has 0 aliphatic carbocycles. The molecule has 5 heteroatoms. The number of carbonyl (C=O) groups is 1. The predicted molar refractivity (Wildman–Crippen MR) is 88.3 cm³/mol. The van der Waals surface area contributed by atoms with Crippen LogP contribution in [0.15, 0.2) is 30.3 Å². The van der Waals surface area contributed by atoms with Gasteiger partial charge in [0.2, 0.25) is 5.91 Å². The Morgan fingerprint density at radius 2 is 1.96 bits per heavy atom. The molecular formula is C18H26N2O3. The lowest BCUT2D eigenvalue weighted by Crippen LogP contribution is -2.51. The molecule has 1 aromatic carbocycles. The first kappa shape index (κ1) is 16.4. The van der Waals surface area contributed by atoms with Crippen molar-refractivity contribution in [3.63, 3.8) is 0 Å². The molecule has 1 atom stereocenters. The Bertz CT molecular complexity index is 488. The summed E-state index contributed by atoms with van der Waals surface area (Å²) in [5, 5.41) is 0. The summed E-state index contributed by atoms with van der Waals surface area (Å²) in [6, 6.07) is 10.4. The van der Waals surface area contributed by atoms with Gasteiger partial charge in [-0.25, -0.2) is 0 Å². The second-order valence-corrected chi connectivity index (χ2v) is 6.25. The van der Waals surface area contributed by atoms with Gasteiger partial charge < -0.3 is 14.4 Å². The fourth-order valence-electron chi connectivity index (χ4n) is 3.12. The molecule has 0 aromatic heterocycles. The molecule has 3 rings (SSSR count). The number of carbonyl (C=O) groups excluding carboxylic acids is 1. The maximum Gasteiger partial charge on any atom is 0.236 e. The van der Waals surface area contributed by atoms with Crippen molar-refractivity contribution in [2.45, 2.75) is 18.9 Å². The normalized spacial score (nSPS) is 23.2. The van der Waals surface area contributed by atoms with E-state index in [1.807, 2.05) is 23.1 Å². The van der Waals surface area contributed by atoms with Crippen molar-refractivity contribution in [2.75, 3.05) is 52.5 Å². The number of nitrogens with zero attached hydrogens (tertiary/aromatic N) is 2. The molecule has 1 amide bonds. The molecule has 0 saturated carbocycles. The Balaban J connectivity index is 1.37. The van der Waals surface area contributed by atoms with Gasteiger partial charge in [-0.05, 0) is 18.4 Å². The maximum absolute atomic E-state index is 12.3. The number of amides is 1. The summed E-state index contributed by atoms with van der Waals surface area (Å²) in [5.74, 6) is 0.244. The Morgan fingerprint density at radius 3 is 2.70 bits per heavy atom. The Kier molecular flexibility index (Phi) is 6.02. The highest BCUT2D eigenvalue weighted by molar-refractivity contribution is 5.79. The smallest absolute Gasteiger partial charge is 0.236 e. The van der Waals surface area contributed by atoms with E-state index in [2.05, 4.69) is 17.0 Å². The average molecular weight is 318 g/mol. The number of ether oxygens (including phenoxy) is 2. The molecule has 0 spiro atoms. The van der Waals surface area contributed by atoms with Crippen molar-refractivity contribution in [2.24, 2.45) is 0 Å². The van der Waals surface area contributed by atoms with E-state index in [0.29, 0.717) is 26.4 Å². The number of rotatable bonds is 6. The lowest BCUT2D eigenvalue weighted by molar-refractivity contribution is -0.136. The highest BCUT2D eigenvalue weighted by atomic mass is 16.6. The summed E-state index contributed by atoms with van der Waals surface area (Å²) < 4.78 is 11.1. The summed E-state index contributed by atoms with van der Waals surface area (Å²) in [5.41, 5.74) is 1.29. The number of hydrogen-bond donors (Lipinski definition) is 0. The van der Waals surface area contributed by atoms with Crippen molar-refractivity contribution >= 4 is 5.91 Å². The number of hydrogen-bond acceptors (Lipinski definition) is 4. The molecular weight excluding hydrogens is 292 g/mol. The Labute approximate surface area is 138 Å². The largest absolute Gasteiger partial charge is 0.376 e. The highest BCUT2D eigenvalue weighted by Gasteiger charge is 2.24. The van der Waals surface area contributed by atoms with E-state index >= 15 is 0 Å². The van der Waals surface area contributed by atoms with Gasteiger partial charge in [0.1, 0.15) is 0 Å². The third kappa shape index (κ3) is 5.03. The van der Waals surface area contributed by atoms with Gasteiger partial charge in [0, 0.05) is 26.2 Å². The van der Waals surface area contributed by atoms with Gasteiger partial charge in [-0.3, -0.25) is 9.69 Å². The molecule has 23 heavy (non-hydrogen) atoms. The van der Waals surface area contributed by atoms with Gasteiger partial charge in [-0.1, -0.05) is 30.3 Å². The minimum Gasteiger partial charge on any atom is -0.376 e. The van der Waals surface area contributed by atoms with Crippen molar-refractivity contribution in [3.05, 3.63) is 35.9 Å². The van der Waals surface area contributed by atoms with Crippen LogP contribution in [0.25, 0.3) is 0 Å². The van der Waals surface area contributed by atoms with Crippen LogP contribution in [-0.2, 0) is 20.7 Å². The van der Waals surface area contributed by atoms with E-state index < -0.39 is 0 Å². The Morgan fingerprint density at radius 1 is 1.09 bits per heavy atom. The van der Waals surface area contributed by atoms with Crippen LogP contribution >= 0.6 is 0 Å². The summed E-state index contributed by atoms with van der Waals surface area (Å²) in [6.45, 7) is 6.11. The van der Waals surface area contributed by atoms with Crippen molar-refractivity contribution < 1.29 is 14.3 Å². The molecule has 1 unspecified atom stereocenters. The maximum atomic E-state index is 12.3. The topological polar surface area (TPSA) is 42.0 Å². The minimum absolute atomic E-state index is 0.190. The Hall–Kier alpha value is -1.43. The highest BCUT2D eigenvalue weighted by Crippen LogP contribution is 2.10. The summed E-state index contributed by atoms with van der Waals surface area (Å²) in [6.07, 6.45) is 2.06. The van der Waals surface area contributed by atoms with Crippen LogP contribution in [0.5, 0.6) is 0 Å². The minimum atomic E-state index is 0.190. The van der Waals surface area contributed by atoms with E-state index in [1.165, 1.54) is 5.56 Å². The van der Waals surface area contributed by atoms with E-state index in [4.69, 9.17) is 9.47 Å². The van der Waals surface area contributed by atoms with Gasteiger partial charge in [0.25, 0.3) is 0 Å². The zero-order valence-corrected chi connectivity index (χ0v) is 13.7. The lowest BCUT2D eigenvalue weighted by Gasteiger charge is -2.35. The standard InChI is InChI=1S/C18H26N2O3/c21-18-14-19(8-7-17-15-22-12-13-23-17)10-11-20(18)9-6-16-4-2-1-3-5-16/h1-5,17H,6-15H2. The third-order valence-corrected chi connectivity index (χ3v) is 4.56. The summed E-state index contributed by atoms with van der Waals surface area (Å²) in [7, 11) is 0. The van der Waals surface area contributed by atoms with Crippen LogP contribution in [0.1, 0.15) is 12.0 Å². The predicted octanol–water partition coefficient (Wildman–Crippen LogP) is 1.18. The van der Waals surface area contributed by atoms with Gasteiger partial charge in [0.05, 0.1) is 32.5 Å². The zero-order chi connectivity index (χ0) is 15.9. The van der Waals surface area contributed by atoms with Gasteiger partial charge in [0.15, 0.2) is 0 Å². The number of benzene rings is 1. The third-order valence-electron chi connectivity index (χ3n) is 4.56. The summed E-state index contributed by atoms with van der Waals surface area (Å²) in [4.78, 5) is 16.5. The van der Waals surface area contributed by atoms with Crippen molar-refractivity contribution in [3.8, 4) is 0 Å². The first-order valence-electron chi connectivity index (χ1n) is 8.54. The molecule has 0 N–H and O–H groups in total. The SMILES string of the molecule is O=C1CN(CCC2COCCO2)CCN1CCc1ccccc1. The molecule has 0 bridgehead atoms. The van der Waals surface area contributed by atoms with E-state index in [0.717, 1.165) is 39.0 Å². The van der Waals surface area contributed by atoms with E-state index in [9.17, 15) is 4.79 Å². The first-order valence-corrected chi connectivity index (χ1v) is 8.54. The fourth-order valence-corrected chi connectivity index (χ4v) is 3.12. The monoisotopic (exact) mass is 318 g/mol. The average Bonchev–Trinajstić information content (AvgIpc) is 2.61. The molecule has 126 valence electrons. The fraction of sp³-hybridized carbons (Fsp3) is 0.611. The molecule has 2 fully saturated rings. The first-order chi connectivity index (χ1) is 11.3. The second kappa shape index (κ2) is 8.43.